The van der Waals surface area contributed by atoms with Crippen molar-refractivity contribution in [2.75, 3.05) is 18.6 Å². The maximum absolute atomic E-state index is 11.4. The molecule has 0 heterocycles. The number of thioether (sulfide) groups is 1. The third-order valence-corrected chi connectivity index (χ3v) is 3.39. The number of hydrogen-bond acceptors (Lipinski definition) is 3. The van der Waals surface area contributed by atoms with Gasteiger partial charge in [0, 0.05) is 6.54 Å². The van der Waals surface area contributed by atoms with Crippen LogP contribution in [0.15, 0.2) is 0 Å². The van der Waals surface area contributed by atoms with Gasteiger partial charge in [-0.2, -0.15) is 11.8 Å². The minimum Gasteiger partial charge on any atom is -0.480 e. The van der Waals surface area contributed by atoms with E-state index in [2.05, 4.69) is 10.6 Å². The van der Waals surface area contributed by atoms with Gasteiger partial charge >= 0.3 is 12.0 Å². The van der Waals surface area contributed by atoms with Crippen molar-refractivity contribution in [1.82, 2.24) is 10.6 Å². The van der Waals surface area contributed by atoms with Gasteiger partial charge in [0.2, 0.25) is 0 Å². The first kappa shape index (κ1) is 14.2. The Balaban J connectivity index is 2.16. The van der Waals surface area contributed by atoms with Crippen LogP contribution in [0.2, 0.25) is 0 Å². The first-order valence-electron chi connectivity index (χ1n) is 5.89. The summed E-state index contributed by atoms with van der Waals surface area (Å²) in [4.78, 5) is 22.3. The molecule has 98 valence electrons. The van der Waals surface area contributed by atoms with E-state index in [0.717, 1.165) is 18.1 Å². The van der Waals surface area contributed by atoms with Crippen LogP contribution in [0, 0.1) is 5.92 Å². The lowest BCUT2D eigenvalue weighted by atomic mass is 10.2. The van der Waals surface area contributed by atoms with Crippen molar-refractivity contribution in [1.29, 1.82) is 0 Å². The van der Waals surface area contributed by atoms with Crippen molar-refractivity contribution in [3.8, 4) is 0 Å². The third kappa shape index (κ3) is 6.41. The van der Waals surface area contributed by atoms with Gasteiger partial charge in [0.15, 0.2) is 0 Å². The molecule has 0 radical (unpaired) electrons. The summed E-state index contributed by atoms with van der Waals surface area (Å²) in [5.41, 5.74) is 0. The van der Waals surface area contributed by atoms with Crippen LogP contribution in [0.1, 0.15) is 25.7 Å². The number of nitrogens with one attached hydrogen (secondary N) is 2. The molecule has 2 amide bonds. The van der Waals surface area contributed by atoms with Crippen LogP contribution in [0.5, 0.6) is 0 Å². The molecular weight excluding hydrogens is 240 g/mol. The predicted octanol–water partition coefficient (Wildman–Crippen LogP) is 1.29. The number of carboxylic acids is 1. The summed E-state index contributed by atoms with van der Waals surface area (Å²) in [6.45, 7) is 0.630. The van der Waals surface area contributed by atoms with Crippen molar-refractivity contribution in [2.45, 2.75) is 31.7 Å². The fourth-order valence-corrected chi connectivity index (χ4v) is 1.97. The molecule has 1 rings (SSSR count). The molecule has 17 heavy (non-hydrogen) atoms. The quantitative estimate of drug-likeness (QED) is 0.614. The number of rotatable bonds is 8. The van der Waals surface area contributed by atoms with Gasteiger partial charge in [0.25, 0.3) is 0 Å². The van der Waals surface area contributed by atoms with E-state index in [1.165, 1.54) is 12.8 Å². The molecule has 0 unspecified atom stereocenters. The van der Waals surface area contributed by atoms with Gasteiger partial charge in [-0.3, -0.25) is 0 Å². The molecule has 0 aromatic carbocycles. The highest BCUT2D eigenvalue weighted by molar-refractivity contribution is 7.98. The molecule has 0 aromatic rings. The lowest BCUT2D eigenvalue weighted by Gasteiger charge is -2.14. The number of urea groups is 1. The number of carbonyl (C=O) groups is 2. The van der Waals surface area contributed by atoms with Crippen LogP contribution in [-0.4, -0.2) is 41.7 Å². The molecule has 0 aromatic heterocycles. The van der Waals surface area contributed by atoms with E-state index in [1.54, 1.807) is 11.8 Å². The molecule has 6 heteroatoms. The molecule has 1 atom stereocenters. The van der Waals surface area contributed by atoms with E-state index in [1.807, 2.05) is 6.26 Å². The van der Waals surface area contributed by atoms with Gasteiger partial charge in [0.1, 0.15) is 6.04 Å². The van der Waals surface area contributed by atoms with Crippen molar-refractivity contribution < 1.29 is 14.7 Å². The summed E-state index contributed by atoms with van der Waals surface area (Å²) in [5, 5.41) is 14.1. The molecule has 1 fully saturated rings. The molecule has 3 N–H and O–H groups in total. The number of carbonyl (C=O) groups excluding carboxylic acids is 1. The van der Waals surface area contributed by atoms with Crippen molar-refractivity contribution in [2.24, 2.45) is 5.92 Å². The van der Waals surface area contributed by atoms with Gasteiger partial charge in [-0.05, 0) is 30.8 Å². The molecule has 1 aliphatic rings. The van der Waals surface area contributed by atoms with Crippen LogP contribution < -0.4 is 10.6 Å². The van der Waals surface area contributed by atoms with Crippen LogP contribution in [-0.2, 0) is 4.79 Å². The Kier molecular flexibility index (Phi) is 6.18. The third-order valence-electron chi connectivity index (χ3n) is 2.75. The maximum Gasteiger partial charge on any atom is 0.326 e. The molecule has 0 saturated heterocycles. The molecule has 5 nitrogen and oxygen atoms in total. The van der Waals surface area contributed by atoms with E-state index in [0.29, 0.717) is 13.0 Å². The Morgan fingerprint density at radius 1 is 1.47 bits per heavy atom. The minimum absolute atomic E-state index is 0.376. The average molecular weight is 260 g/mol. The number of amides is 2. The highest BCUT2D eigenvalue weighted by atomic mass is 32.2. The Hall–Kier alpha value is -0.910. The van der Waals surface area contributed by atoms with Crippen LogP contribution in [0.25, 0.3) is 0 Å². The van der Waals surface area contributed by atoms with Crippen LogP contribution in [0.4, 0.5) is 4.79 Å². The fourth-order valence-electron chi connectivity index (χ4n) is 1.50. The maximum atomic E-state index is 11.4. The van der Waals surface area contributed by atoms with Crippen LogP contribution in [0.3, 0.4) is 0 Å². The van der Waals surface area contributed by atoms with E-state index in [4.69, 9.17) is 5.11 Å². The molecule has 1 aliphatic carbocycles. The van der Waals surface area contributed by atoms with Crippen LogP contribution >= 0.6 is 11.8 Å². The van der Waals surface area contributed by atoms with E-state index in [9.17, 15) is 9.59 Å². The second kappa shape index (κ2) is 7.42. The highest BCUT2D eigenvalue weighted by Crippen LogP contribution is 2.31. The SMILES string of the molecule is CSCC[C@H](NC(=O)NCCC1CC1)C(=O)O. The van der Waals surface area contributed by atoms with Gasteiger partial charge in [-0.1, -0.05) is 12.8 Å². The molecule has 0 bridgehead atoms. The standard InChI is InChI=1S/C11H20N2O3S/c1-17-7-5-9(10(14)15)13-11(16)12-6-4-8-2-3-8/h8-9H,2-7H2,1H3,(H,14,15)(H2,12,13,16)/t9-/m0/s1. The van der Waals surface area contributed by atoms with Gasteiger partial charge < -0.3 is 15.7 Å². The zero-order valence-corrected chi connectivity index (χ0v) is 10.9. The average Bonchev–Trinajstić information content (AvgIpc) is 3.07. The summed E-state index contributed by atoms with van der Waals surface area (Å²) in [6, 6.07) is -1.16. The Bertz CT molecular complexity index is 269. The molecular formula is C11H20N2O3S. The lowest BCUT2D eigenvalue weighted by molar-refractivity contribution is -0.139. The normalized spacial score (nSPS) is 16.3. The first-order chi connectivity index (χ1) is 8.13. The summed E-state index contributed by atoms with van der Waals surface area (Å²) >= 11 is 1.57. The second-order valence-corrected chi connectivity index (χ2v) is 5.29. The largest absolute Gasteiger partial charge is 0.480 e. The second-order valence-electron chi connectivity index (χ2n) is 4.30. The van der Waals surface area contributed by atoms with Gasteiger partial charge in [0.05, 0.1) is 0 Å². The topological polar surface area (TPSA) is 78.4 Å². The Labute approximate surface area is 106 Å². The highest BCUT2D eigenvalue weighted by Gasteiger charge is 2.22. The number of aliphatic carboxylic acids is 1. The van der Waals surface area contributed by atoms with Crippen molar-refractivity contribution in [3.05, 3.63) is 0 Å². The summed E-state index contributed by atoms with van der Waals surface area (Å²) < 4.78 is 0. The fraction of sp³-hybridized carbons (Fsp3) is 0.818. The number of hydrogen-bond donors (Lipinski definition) is 3. The molecule has 1 saturated carbocycles. The van der Waals surface area contributed by atoms with Crippen molar-refractivity contribution in [3.63, 3.8) is 0 Å². The zero-order chi connectivity index (χ0) is 12.7. The first-order valence-corrected chi connectivity index (χ1v) is 7.29. The smallest absolute Gasteiger partial charge is 0.326 e. The predicted molar refractivity (Wildman–Crippen MR) is 68.3 cm³/mol. The summed E-state index contributed by atoms with van der Waals surface area (Å²) in [5.74, 6) is 0.512. The zero-order valence-electron chi connectivity index (χ0n) is 10.1. The van der Waals surface area contributed by atoms with Crippen molar-refractivity contribution >= 4 is 23.8 Å². The molecule has 0 aliphatic heterocycles. The van der Waals surface area contributed by atoms with Gasteiger partial charge in [-0.25, -0.2) is 9.59 Å². The minimum atomic E-state index is -0.976. The van der Waals surface area contributed by atoms with Gasteiger partial charge in [-0.15, -0.1) is 0 Å². The Morgan fingerprint density at radius 2 is 2.18 bits per heavy atom. The van der Waals surface area contributed by atoms with E-state index < -0.39 is 12.0 Å². The Morgan fingerprint density at radius 3 is 2.71 bits per heavy atom. The summed E-state index contributed by atoms with van der Waals surface area (Å²) in [7, 11) is 0. The monoisotopic (exact) mass is 260 g/mol. The van der Waals surface area contributed by atoms with E-state index in [-0.39, 0.29) is 6.03 Å². The van der Waals surface area contributed by atoms with E-state index >= 15 is 0 Å². The summed E-state index contributed by atoms with van der Waals surface area (Å²) in [6.07, 6.45) is 5.88. The number of carboxylic acid groups (broad SMARTS) is 1. The molecule has 0 spiro atoms. The lowest BCUT2D eigenvalue weighted by Crippen LogP contribution is -2.46.